The molecule has 4 nitrogen and oxygen atoms in total. The van der Waals surface area contributed by atoms with E-state index in [1.54, 1.807) is 0 Å². The second-order valence-electron chi connectivity index (χ2n) is 8.23. The highest BCUT2D eigenvalue weighted by molar-refractivity contribution is 7.90. The summed E-state index contributed by atoms with van der Waals surface area (Å²) in [6, 6.07) is 0. The molecule has 0 rings (SSSR count). The molecule has 0 atom stereocenters. The van der Waals surface area contributed by atoms with E-state index in [2.05, 4.69) is 0 Å². The Morgan fingerprint density at radius 3 is 1.16 bits per heavy atom. The Bertz CT molecular complexity index is 897. The van der Waals surface area contributed by atoms with E-state index in [4.69, 9.17) is 0 Å². The fraction of sp³-hybridized carbons (Fsp3) is 1.00. The summed E-state index contributed by atoms with van der Waals surface area (Å²) in [5.74, 6) is -51.5. The number of sulfonamides is 1. The quantitative estimate of drug-likeness (QED) is 0.203. The molecule has 0 heterocycles. The van der Waals surface area contributed by atoms with Crippen molar-refractivity contribution in [2.45, 2.75) is 53.4 Å². The molecule has 0 aliphatic heterocycles. The van der Waals surface area contributed by atoms with Gasteiger partial charge in [0.2, 0.25) is 0 Å². The van der Waals surface area contributed by atoms with Gasteiger partial charge >= 0.3 is 47.0 Å². The molecule has 0 saturated carbocycles. The average molecular weight is 635 g/mol. The number of hydrogen-bond donors (Lipinski definition) is 1. The second-order valence-corrected chi connectivity index (χ2v) is 10.0. The van der Waals surface area contributed by atoms with Crippen LogP contribution < -0.4 is 17.1 Å². The van der Waals surface area contributed by atoms with Crippen LogP contribution >= 0.6 is 0 Å². The lowest BCUT2D eigenvalue weighted by Gasteiger charge is -2.42. The summed E-state index contributed by atoms with van der Waals surface area (Å²) >= 11 is 0. The van der Waals surface area contributed by atoms with E-state index in [1.807, 2.05) is 0 Å². The van der Waals surface area contributed by atoms with E-state index < -0.39 is 70.0 Å². The van der Waals surface area contributed by atoms with Gasteiger partial charge in [0.25, 0.3) is 10.0 Å². The first kappa shape index (κ1) is 38.1. The molecule has 0 aromatic rings. The van der Waals surface area contributed by atoms with Crippen molar-refractivity contribution in [3.63, 3.8) is 0 Å². The van der Waals surface area contributed by atoms with Crippen LogP contribution in [0.15, 0.2) is 0 Å². The van der Waals surface area contributed by atoms with Crippen LogP contribution in [0, 0.1) is 0 Å². The van der Waals surface area contributed by atoms with E-state index in [-0.39, 0.29) is 23.4 Å². The smallest absolute Gasteiger partial charge is 0.460 e. The van der Waals surface area contributed by atoms with E-state index in [0.717, 1.165) is 0 Å². The van der Waals surface area contributed by atoms with Crippen molar-refractivity contribution >= 4 is 10.0 Å². The SMILES string of the molecule is C[N+](C)(C)CCCNS(=O)(=O)C(F)(F)C(F)(F)C(F)(F)C(F)(F)C(F)(F)C(F)(F)C(F)(F)C(F)(F)F.[Cl-]. The third kappa shape index (κ3) is 5.94. The Morgan fingerprint density at radius 2 is 0.865 bits per heavy atom. The fourth-order valence-corrected chi connectivity index (χ4v) is 3.23. The zero-order chi connectivity index (χ0) is 29.8. The third-order valence-corrected chi connectivity index (χ3v) is 5.84. The molecule has 0 aliphatic carbocycles. The Balaban J connectivity index is 0. The Hall–Kier alpha value is -1.03. The van der Waals surface area contributed by atoms with Crippen LogP contribution in [0.25, 0.3) is 0 Å². The lowest BCUT2D eigenvalue weighted by atomic mass is 9.91. The van der Waals surface area contributed by atoms with Crippen LogP contribution in [0.5, 0.6) is 0 Å². The predicted molar refractivity (Wildman–Crippen MR) is 85.1 cm³/mol. The molecule has 0 unspecified atom stereocenters. The maximum atomic E-state index is 13.8. The van der Waals surface area contributed by atoms with Gasteiger partial charge in [-0.3, -0.25) is 0 Å². The number of alkyl halides is 17. The van der Waals surface area contributed by atoms with Gasteiger partial charge in [-0.2, -0.15) is 74.6 Å². The molecule has 0 aromatic carbocycles. The lowest BCUT2D eigenvalue weighted by molar-refractivity contribution is -0.870. The van der Waals surface area contributed by atoms with Crippen molar-refractivity contribution in [2.24, 2.45) is 0 Å². The standard InChI is InChI=1S/C14H16F17N2O2S.ClH/c1-33(2,3)6-4-5-32-36(34,35)14(30,31)12(25,26)10(21,22)8(17,18)7(15,16)9(19,20)11(23,24)13(27,28)29;/h32H,4-6H2,1-3H3;1H/q+1;/p-1. The summed E-state index contributed by atoms with van der Waals surface area (Å²) in [5, 5.41) is -7.53. The molecule has 0 radical (unpaired) electrons. The van der Waals surface area contributed by atoms with E-state index in [0.29, 0.717) is 4.72 Å². The molecule has 37 heavy (non-hydrogen) atoms. The number of hydrogen-bond acceptors (Lipinski definition) is 2. The number of nitrogens with one attached hydrogen (secondary N) is 1. The normalized spacial score (nSPS) is 16.0. The molecule has 0 bridgehead atoms. The molecule has 0 aliphatic rings. The largest absolute Gasteiger partial charge is 1.00 e. The Morgan fingerprint density at radius 1 is 0.568 bits per heavy atom. The molecule has 0 fully saturated rings. The van der Waals surface area contributed by atoms with Crippen molar-refractivity contribution in [3.8, 4) is 0 Å². The molecule has 1 N–H and O–H groups in total. The summed E-state index contributed by atoms with van der Waals surface area (Å²) in [6.07, 6.45) is -8.37. The lowest BCUT2D eigenvalue weighted by Crippen LogP contribution is -3.00. The zero-order valence-corrected chi connectivity index (χ0v) is 19.7. The maximum absolute atomic E-state index is 13.8. The summed E-state index contributed by atoms with van der Waals surface area (Å²) in [5.41, 5.74) is 0. The minimum absolute atomic E-state index is 0. The predicted octanol–water partition coefficient (Wildman–Crippen LogP) is 1.97. The summed E-state index contributed by atoms with van der Waals surface area (Å²) < 4.78 is 247. The first-order valence-corrected chi connectivity index (χ1v) is 10.2. The van der Waals surface area contributed by atoms with E-state index >= 15 is 0 Å². The van der Waals surface area contributed by atoms with Gasteiger partial charge in [0, 0.05) is 13.0 Å². The van der Waals surface area contributed by atoms with Gasteiger partial charge < -0.3 is 16.9 Å². The van der Waals surface area contributed by atoms with Crippen LogP contribution in [0.4, 0.5) is 74.6 Å². The van der Waals surface area contributed by atoms with Crippen molar-refractivity contribution in [1.82, 2.24) is 4.72 Å². The zero-order valence-electron chi connectivity index (χ0n) is 18.1. The number of nitrogens with zero attached hydrogens (tertiary/aromatic N) is 1. The molecule has 23 heteroatoms. The highest BCUT2D eigenvalue weighted by Crippen LogP contribution is 2.64. The number of quaternary nitrogens is 1. The first-order chi connectivity index (χ1) is 15.2. The molecule has 0 amide bonds. The second kappa shape index (κ2) is 10.2. The number of rotatable bonds is 12. The van der Waals surface area contributed by atoms with Crippen LogP contribution in [-0.2, 0) is 10.0 Å². The van der Waals surface area contributed by atoms with Gasteiger partial charge in [0.15, 0.2) is 0 Å². The fourth-order valence-electron chi connectivity index (χ4n) is 2.17. The molecular weight excluding hydrogens is 619 g/mol. The summed E-state index contributed by atoms with van der Waals surface area (Å²) in [7, 11) is -2.94. The monoisotopic (exact) mass is 634 g/mol. The summed E-state index contributed by atoms with van der Waals surface area (Å²) in [4.78, 5) is 0. The Kier molecular flexibility index (Phi) is 10.5. The van der Waals surface area contributed by atoms with Crippen molar-refractivity contribution in [3.05, 3.63) is 0 Å². The van der Waals surface area contributed by atoms with Crippen LogP contribution in [0.3, 0.4) is 0 Å². The van der Waals surface area contributed by atoms with Crippen LogP contribution in [0.2, 0.25) is 0 Å². The van der Waals surface area contributed by atoms with Gasteiger partial charge in [0.1, 0.15) is 0 Å². The molecule has 0 aromatic heterocycles. The van der Waals surface area contributed by atoms with E-state index in [1.165, 1.54) is 21.1 Å². The first-order valence-electron chi connectivity index (χ1n) is 8.72. The van der Waals surface area contributed by atoms with Crippen LogP contribution in [-0.4, -0.2) is 94.1 Å². The average Bonchev–Trinajstić information content (AvgIpc) is 2.62. The molecule has 226 valence electrons. The molecule has 0 spiro atoms. The van der Waals surface area contributed by atoms with Gasteiger partial charge in [0.05, 0.1) is 27.7 Å². The molecular formula is C14H16ClF17N2O2S. The maximum Gasteiger partial charge on any atom is 0.460 e. The van der Waals surface area contributed by atoms with E-state index in [9.17, 15) is 83.1 Å². The van der Waals surface area contributed by atoms with Gasteiger partial charge in [-0.25, -0.2) is 13.1 Å². The topological polar surface area (TPSA) is 46.2 Å². The van der Waals surface area contributed by atoms with Gasteiger partial charge in [-0.15, -0.1) is 0 Å². The van der Waals surface area contributed by atoms with Crippen LogP contribution in [0.1, 0.15) is 6.42 Å². The van der Waals surface area contributed by atoms with Crippen molar-refractivity contribution in [2.75, 3.05) is 34.2 Å². The van der Waals surface area contributed by atoms with Gasteiger partial charge in [-0.1, -0.05) is 0 Å². The Labute approximate surface area is 203 Å². The number of halogens is 18. The highest BCUT2D eigenvalue weighted by atomic mass is 35.5. The van der Waals surface area contributed by atoms with Gasteiger partial charge in [-0.05, 0) is 0 Å². The third-order valence-electron chi connectivity index (χ3n) is 4.33. The minimum atomic E-state index is -8.83. The minimum Gasteiger partial charge on any atom is -1.00 e. The van der Waals surface area contributed by atoms with Crippen molar-refractivity contribution in [1.29, 1.82) is 0 Å². The highest BCUT2D eigenvalue weighted by Gasteiger charge is 2.96. The summed E-state index contributed by atoms with van der Waals surface area (Å²) in [6.45, 7) is -1.38. The van der Waals surface area contributed by atoms with Crippen molar-refractivity contribution < 1.29 is 99.9 Å². The molecule has 0 saturated heterocycles.